The molecule has 4 nitrogen and oxygen atoms in total. The van der Waals surface area contributed by atoms with E-state index in [9.17, 15) is 4.79 Å². The highest BCUT2D eigenvalue weighted by Crippen LogP contribution is 2.28. The molecule has 0 atom stereocenters. The van der Waals surface area contributed by atoms with Gasteiger partial charge < -0.3 is 14.8 Å². The molecule has 0 spiro atoms. The van der Waals surface area contributed by atoms with Gasteiger partial charge in [-0.2, -0.15) is 0 Å². The van der Waals surface area contributed by atoms with Gasteiger partial charge in [0.1, 0.15) is 0 Å². The van der Waals surface area contributed by atoms with Gasteiger partial charge in [0.25, 0.3) is 5.91 Å². The Morgan fingerprint density at radius 3 is 2.67 bits per heavy atom. The summed E-state index contributed by atoms with van der Waals surface area (Å²) in [5.74, 6) is 0.958. The minimum Gasteiger partial charge on any atom is -0.493 e. The fourth-order valence-electron chi connectivity index (χ4n) is 2.24. The third-order valence-electron chi connectivity index (χ3n) is 3.44. The summed E-state index contributed by atoms with van der Waals surface area (Å²) < 4.78 is 10.7. The first-order chi connectivity index (χ1) is 11.6. The summed E-state index contributed by atoms with van der Waals surface area (Å²) in [4.78, 5) is 12.3. The second kappa shape index (κ2) is 8.81. The summed E-state index contributed by atoms with van der Waals surface area (Å²) in [5, 5.41) is 3.89. The molecule has 0 heterocycles. The number of nitrogens with one attached hydrogen (secondary N) is 1. The largest absolute Gasteiger partial charge is 0.493 e. The second-order valence-electron chi connectivity index (χ2n) is 5.02. The van der Waals surface area contributed by atoms with E-state index in [1.54, 1.807) is 31.4 Å². The standard InChI is InChI=1S/C18H19Cl2NO3/c1-3-24-15-8-7-13(11-16(15)23-2)18(22)21-10-9-12-5-4-6-14(19)17(12)20/h4-8,11H,3,9-10H2,1-2H3,(H,21,22). The summed E-state index contributed by atoms with van der Waals surface area (Å²) in [6, 6.07) is 10.5. The van der Waals surface area contributed by atoms with Gasteiger partial charge in [0.2, 0.25) is 0 Å². The molecule has 2 aromatic rings. The summed E-state index contributed by atoms with van der Waals surface area (Å²) in [6.07, 6.45) is 0.597. The van der Waals surface area contributed by atoms with Crippen LogP contribution in [0, 0.1) is 0 Å². The van der Waals surface area contributed by atoms with Crippen LogP contribution in [-0.4, -0.2) is 26.2 Å². The van der Waals surface area contributed by atoms with Gasteiger partial charge >= 0.3 is 0 Å². The van der Waals surface area contributed by atoms with Crippen LogP contribution in [0.4, 0.5) is 0 Å². The molecule has 2 aromatic carbocycles. The zero-order chi connectivity index (χ0) is 17.5. The van der Waals surface area contributed by atoms with Gasteiger partial charge in [-0.15, -0.1) is 0 Å². The summed E-state index contributed by atoms with van der Waals surface area (Å²) >= 11 is 12.1. The Hall–Kier alpha value is -1.91. The Labute approximate surface area is 151 Å². The molecular formula is C18H19Cl2NO3. The Morgan fingerprint density at radius 2 is 1.96 bits per heavy atom. The first-order valence-corrected chi connectivity index (χ1v) is 8.34. The van der Waals surface area contributed by atoms with E-state index in [1.165, 1.54) is 0 Å². The highest BCUT2D eigenvalue weighted by molar-refractivity contribution is 6.42. The van der Waals surface area contributed by atoms with Crippen LogP contribution < -0.4 is 14.8 Å². The molecule has 0 saturated carbocycles. The number of amides is 1. The van der Waals surface area contributed by atoms with Crippen molar-refractivity contribution in [2.75, 3.05) is 20.3 Å². The molecule has 0 unspecified atom stereocenters. The van der Waals surface area contributed by atoms with Crippen molar-refractivity contribution in [1.82, 2.24) is 5.32 Å². The fraction of sp³-hybridized carbons (Fsp3) is 0.278. The van der Waals surface area contributed by atoms with E-state index >= 15 is 0 Å². The molecule has 0 bridgehead atoms. The molecular weight excluding hydrogens is 349 g/mol. The first-order valence-electron chi connectivity index (χ1n) is 7.58. The Kier molecular flexibility index (Phi) is 6.76. The lowest BCUT2D eigenvalue weighted by molar-refractivity contribution is 0.0953. The number of methoxy groups -OCH3 is 1. The summed E-state index contributed by atoms with van der Waals surface area (Å²) in [7, 11) is 1.54. The predicted molar refractivity (Wildman–Crippen MR) is 96.7 cm³/mol. The minimum absolute atomic E-state index is 0.186. The van der Waals surface area contributed by atoms with Crippen molar-refractivity contribution in [3.05, 3.63) is 57.6 Å². The van der Waals surface area contributed by atoms with Crippen LogP contribution >= 0.6 is 23.2 Å². The topological polar surface area (TPSA) is 47.6 Å². The first kappa shape index (κ1) is 18.4. The average Bonchev–Trinajstić information content (AvgIpc) is 2.59. The molecule has 0 aliphatic heterocycles. The van der Waals surface area contributed by atoms with Crippen LogP contribution in [0.5, 0.6) is 11.5 Å². The van der Waals surface area contributed by atoms with Crippen LogP contribution in [0.25, 0.3) is 0 Å². The van der Waals surface area contributed by atoms with Crippen molar-refractivity contribution < 1.29 is 14.3 Å². The Bertz CT molecular complexity index is 719. The maximum absolute atomic E-state index is 12.3. The molecule has 0 fully saturated rings. The molecule has 0 aromatic heterocycles. The zero-order valence-corrected chi connectivity index (χ0v) is 15.1. The number of carbonyl (C=O) groups is 1. The number of hydrogen-bond donors (Lipinski definition) is 1. The van der Waals surface area contributed by atoms with E-state index in [2.05, 4.69) is 5.32 Å². The van der Waals surface area contributed by atoms with Gasteiger partial charge in [-0.25, -0.2) is 0 Å². The molecule has 0 aliphatic carbocycles. The lowest BCUT2D eigenvalue weighted by Gasteiger charge is -2.11. The van der Waals surface area contributed by atoms with E-state index in [0.717, 1.165) is 5.56 Å². The lowest BCUT2D eigenvalue weighted by Crippen LogP contribution is -2.25. The molecule has 6 heteroatoms. The van der Waals surface area contributed by atoms with Gasteiger partial charge in [0.05, 0.1) is 23.8 Å². The Balaban J connectivity index is 1.98. The van der Waals surface area contributed by atoms with Gasteiger partial charge in [-0.1, -0.05) is 35.3 Å². The van der Waals surface area contributed by atoms with E-state index in [-0.39, 0.29) is 5.91 Å². The summed E-state index contributed by atoms with van der Waals surface area (Å²) in [6.45, 7) is 2.87. The number of hydrogen-bond acceptors (Lipinski definition) is 3. The van der Waals surface area contributed by atoms with E-state index in [1.807, 2.05) is 19.1 Å². The third-order valence-corrected chi connectivity index (χ3v) is 4.30. The van der Waals surface area contributed by atoms with Crippen LogP contribution in [0.2, 0.25) is 10.0 Å². The van der Waals surface area contributed by atoms with Crippen molar-refractivity contribution in [1.29, 1.82) is 0 Å². The van der Waals surface area contributed by atoms with Crippen molar-refractivity contribution in [3.8, 4) is 11.5 Å². The Morgan fingerprint density at radius 1 is 1.17 bits per heavy atom. The fourth-order valence-corrected chi connectivity index (χ4v) is 2.65. The third kappa shape index (κ3) is 4.56. The lowest BCUT2D eigenvalue weighted by atomic mass is 10.1. The number of carbonyl (C=O) groups excluding carboxylic acids is 1. The molecule has 0 aliphatic rings. The summed E-state index contributed by atoms with van der Waals surface area (Å²) in [5.41, 5.74) is 1.40. The smallest absolute Gasteiger partial charge is 0.251 e. The van der Waals surface area contributed by atoms with Gasteiger partial charge in [-0.3, -0.25) is 4.79 Å². The van der Waals surface area contributed by atoms with E-state index in [0.29, 0.717) is 46.7 Å². The quantitative estimate of drug-likeness (QED) is 0.789. The maximum atomic E-state index is 12.3. The predicted octanol–water partition coefficient (Wildman–Crippen LogP) is 4.37. The molecule has 1 amide bonds. The van der Waals surface area contributed by atoms with Crippen LogP contribution in [0.3, 0.4) is 0 Å². The van der Waals surface area contributed by atoms with E-state index in [4.69, 9.17) is 32.7 Å². The number of halogens is 2. The van der Waals surface area contributed by atoms with Crippen LogP contribution in [-0.2, 0) is 6.42 Å². The highest BCUT2D eigenvalue weighted by Gasteiger charge is 2.11. The van der Waals surface area contributed by atoms with Crippen molar-refractivity contribution in [3.63, 3.8) is 0 Å². The molecule has 2 rings (SSSR count). The maximum Gasteiger partial charge on any atom is 0.251 e. The van der Waals surface area contributed by atoms with Crippen molar-refractivity contribution in [2.45, 2.75) is 13.3 Å². The van der Waals surface area contributed by atoms with Crippen LogP contribution in [0.1, 0.15) is 22.8 Å². The molecule has 24 heavy (non-hydrogen) atoms. The van der Waals surface area contributed by atoms with Gasteiger partial charge in [0, 0.05) is 12.1 Å². The van der Waals surface area contributed by atoms with Crippen molar-refractivity contribution in [2.24, 2.45) is 0 Å². The molecule has 128 valence electrons. The van der Waals surface area contributed by atoms with Gasteiger partial charge in [0.15, 0.2) is 11.5 Å². The number of benzene rings is 2. The normalized spacial score (nSPS) is 10.3. The van der Waals surface area contributed by atoms with E-state index < -0.39 is 0 Å². The second-order valence-corrected chi connectivity index (χ2v) is 5.80. The highest BCUT2D eigenvalue weighted by atomic mass is 35.5. The van der Waals surface area contributed by atoms with Crippen LogP contribution in [0.15, 0.2) is 36.4 Å². The van der Waals surface area contributed by atoms with Gasteiger partial charge in [-0.05, 0) is 43.2 Å². The number of ether oxygens (including phenoxy) is 2. The SMILES string of the molecule is CCOc1ccc(C(=O)NCCc2cccc(Cl)c2Cl)cc1OC. The average molecular weight is 368 g/mol. The molecule has 0 saturated heterocycles. The zero-order valence-electron chi connectivity index (χ0n) is 13.6. The monoisotopic (exact) mass is 367 g/mol. The molecule has 1 N–H and O–H groups in total. The van der Waals surface area contributed by atoms with Crippen molar-refractivity contribution >= 4 is 29.1 Å². The number of rotatable bonds is 7. The minimum atomic E-state index is -0.186. The molecule has 0 radical (unpaired) electrons.